The van der Waals surface area contributed by atoms with E-state index >= 15 is 0 Å². The predicted octanol–water partition coefficient (Wildman–Crippen LogP) is 0.0742. The minimum Gasteiger partial charge on any atom is -0.382 e. The van der Waals surface area contributed by atoms with Gasteiger partial charge in [-0.15, -0.1) is 0 Å². The maximum Gasteiger partial charge on any atom is 0.285 e. The molecule has 0 spiro atoms. The monoisotopic (exact) mass is 183 g/mol. The van der Waals surface area contributed by atoms with E-state index in [9.17, 15) is 5.11 Å². The summed E-state index contributed by atoms with van der Waals surface area (Å²) >= 11 is 0. The van der Waals surface area contributed by atoms with Gasteiger partial charge in [0.15, 0.2) is 0 Å². The van der Waals surface area contributed by atoms with Gasteiger partial charge in [-0.3, -0.25) is 0 Å². The first kappa shape index (κ1) is 11.8. The van der Waals surface area contributed by atoms with E-state index in [1.165, 1.54) is 18.2 Å². The average Bonchev–Trinajstić information content (AvgIpc) is 2.13. The van der Waals surface area contributed by atoms with E-state index < -0.39 is 11.9 Å². The molecular weight excluding hydrogens is 170 g/mol. The minimum absolute atomic E-state index is 0.286. The molecule has 72 valence electrons. The molecule has 0 heterocycles. The molecule has 0 aliphatic heterocycles. The van der Waals surface area contributed by atoms with Crippen molar-refractivity contribution in [3.63, 3.8) is 0 Å². The molecule has 0 fully saturated rings. The molecule has 0 bridgehead atoms. The van der Waals surface area contributed by atoms with E-state index in [4.69, 9.17) is 15.5 Å². The Balaban J connectivity index is 4.79. The average molecular weight is 183 g/mol. The van der Waals surface area contributed by atoms with Crippen molar-refractivity contribution in [3.05, 3.63) is 23.8 Å². The van der Waals surface area contributed by atoms with Crippen LogP contribution in [0.1, 0.15) is 13.8 Å². The zero-order valence-corrected chi connectivity index (χ0v) is 7.60. The predicted molar refractivity (Wildman–Crippen MR) is 47.4 cm³/mol. The van der Waals surface area contributed by atoms with E-state index in [-0.39, 0.29) is 5.57 Å². The van der Waals surface area contributed by atoms with Gasteiger partial charge in [-0.05, 0) is 19.4 Å². The Labute approximate surface area is 77.1 Å². The van der Waals surface area contributed by atoms with Crippen LogP contribution in [0.5, 0.6) is 0 Å². The van der Waals surface area contributed by atoms with Gasteiger partial charge >= 0.3 is 0 Å². The molecular formula is C9H13NO3. The third kappa shape index (κ3) is 2.99. The highest BCUT2D eigenvalue weighted by molar-refractivity contribution is 5.26. The molecule has 1 unspecified atom stereocenters. The lowest BCUT2D eigenvalue weighted by molar-refractivity contribution is -0.169. The standard InChI is InChI=1S/C9H13NO3/c1-3-5-7(4-2)8(11)9(12,13)6-10/h3-5,8,11-13H,1-2H3. The summed E-state index contributed by atoms with van der Waals surface area (Å²) in [7, 11) is 0. The molecule has 3 N–H and O–H groups in total. The van der Waals surface area contributed by atoms with Crippen LogP contribution >= 0.6 is 0 Å². The second-order valence-electron chi connectivity index (χ2n) is 2.53. The molecule has 0 aromatic carbocycles. The molecule has 0 aromatic heterocycles. The van der Waals surface area contributed by atoms with Crippen molar-refractivity contribution in [2.24, 2.45) is 0 Å². The van der Waals surface area contributed by atoms with Crippen molar-refractivity contribution < 1.29 is 15.3 Å². The Morgan fingerprint density at radius 1 is 1.46 bits per heavy atom. The van der Waals surface area contributed by atoms with Crippen molar-refractivity contribution in [3.8, 4) is 6.07 Å². The van der Waals surface area contributed by atoms with Gasteiger partial charge in [0, 0.05) is 0 Å². The van der Waals surface area contributed by atoms with Gasteiger partial charge in [-0.25, -0.2) is 0 Å². The van der Waals surface area contributed by atoms with Crippen LogP contribution in [-0.2, 0) is 0 Å². The summed E-state index contributed by atoms with van der Waals surface area (Å²) in [5, 5.41) is 35.6. The Morgan fingerprint density at radius 3 is 2.31 bits per heavy atom. The first-order valence-electron chi connectivity index (χ1n) is 3.82. The van der Waals surface area contributed by atoms with Crippen LogP contribution < -0.4 is 0 Å². The van der Waals surface area contributed by atoms with Gasteiger partial charge in [0.1, 0.15) is 12.2 Å². The van der Waals surface area contributed by atoms with E-state index in [2.05, 4.69) is 0 Å². The Kier molecular flexibility index (Phi) is 4.35. The lowest BCUT2D eigenvalue weighted by Gasteiger charge is -2.20. The number of hydrogen-bond acceptors (Lipinski definition) is 4. The summed E-state index contributed by atoms with van der Waals surface area (Å²) in [6, 6.07) is 1.20. The maximum absolute atomic E-state index is 9.33. The largest absolute Gasteiger partial charge is 0.382 e. The number of aliphatic hydroxyl groups is 3. The van der Waals surface area contributed by atoms with Gasteiger partial charge < -0.3 is 15.3 Å². The molecule has 0 saturated heterocycles. The Hall–Kier alpha value is -1.15. The highest BCUT2D eigenvalue weighted by Crippen LogP contribution is 2.15. The fraction of sp³-hybridized carbons (Fsp3) is 0.444. The SMILES string of the molecule is CC=CC(=CC)C(O)C(O)(O)C#N. The summed E-state index contributed by atoms with van der Waals surface area (Å²) in [6.45, 7) is 3.35. The summed E-state index contributed by atoms with van der Waals surface area (Å²) in [6.07, 6.45) is 3.02. The number of hydrogen-bond donors (Lipinski definition) is 3. The number of allylic oxidation sites excluding steroid dienone is 2. The summed E-state index contributed by atoms with van der Waals surface area (Å²) < 4.78 is 0. The molecule has 0 amide bonds. The lowest BCUT2D eigenvalue weighted by atomic mass is 10.0. The van der Waals surface area contributed by atoms with Crippen LogP contribution in [0.2, 0.25) is 0 Å². The molecule has 0 saturated carbocycles. The van der Waals surface area contributed by atoms with E-state index in [1.807, 2.05) is 0 Å². The smallest absolute Gasteiger partial charge is 0.285 e. The highest BCUT2D eigenvalue weighted by Gasteiger charge is 2.34. The number of rotatable bonds is 3. The van der Waals surface area contributed by atoms with Crippen molar-refractivity contribution in [1.82, 2.24) is 0 Å². The second kappa shape index (κ2) is 4.77. The zero-order chi connectivity index (χ0) is 10.5. The molecule has 13 heavy (non-hydrogen) atoms. The van der Waals surface area contributed by atoms with Gasteiger partial charge in [0.05, 0.1) is 0 Å². The lowest BCUT2D eigenvalue weighted by Crippen LogP contribution is -2.41. The molecule has 4 heteroatoms. The van der Waals surface area contributed by atoms with Crippen LogP contribution in [0.15, 0.2) is 23.8 Å². The molecule has 0 aromatic rings. The third-order valence-electron chi connectivity index (χ3n) is 1.55. The van der Waals surface area contributed by atoms with Crippen LogP contribution in [0.25, 0.3) is 0 Å². The van der Waals surface area contributed by atoms with Gasteiger partial charge in [-0.1, -0.05) is 18.2 Å². The second-order valence-corrected chi connectivity index (χ2v) is 2.53. The topological polar surface area (TPSA) is 84.5 Å². The maximum atomic E-state index is 9.33. The van der Waals surface area contributed by atoms with Crippen molar-refractivity contribution in [2.75, 3.05) is 0 Å². The van der Waals surface area contributed by atoms with Gasteiger partial charge in [0.2, 0.25) is 0 Å². The Bertz CT molecular complexity index is 261. The molecule has 4 nitrogen and oxygen atoms in total. The van der Waals surface area contributed by atoms with Crippen LogP contribution in [0, 0.1) is 11.3 Å². The third-order valence-corrected chi connectivity index (χ3v) is 1.55. The van der Waals surface area contributed by atoms with Gasteiger partial charge in [0.25, 0.3) is 5.79 Å². The molecule has 0 aliphatic carbocycles. The first-order valence-corrected chi connectivity index (χ1v) is 3.82. The zero-order valence-electron chi connectivity index (χ0n) is 7.60. The van der Waals surface area contributed by atoms with Crippen molar-refractivity contribution in [2.45, 2.75) is 25.7 Å². The van der Waals surface area contributed by atoms with Crippen molar-refractivity contribution in [1.29, 1.82) is 5.26 Å². The minimum atomic E-state index is -2.73. The molecule has 0 aliphatic rings. The highest BCUT2D eigenvalue weighted by atomic mass is 16.5. The molecule has 0 radical (unpaired) electrons. The summed E-state index contributed by atoms with van der Waals surface area (Å²) in [5.74, 6) is -2.73. The first-order chi connectivity index (χ1) is 5.99. The molecule has 0 rings (SSSR count). The van der Waals surface area contributed by atoms with Crippen LogP contribution in [0.3, 0.4) is 0 Å². The number of aliphatic hydroxyl groups excluding tert-OH is 1. The Morgan fingerprint density at radius 2 is 2.00 bits per heavy atom. The summed E-state index contributed by atoms with van der Waals surface area (Å²) in [4.78, 5) is 0. The van der Waals surface area contributed by atoms with Crippen LogP contribution in [0.4, 0.5) is 0 Å². The van der Waals surface area contributed by atoms with E-state index in [1.54, 1.807) is 19.9 Å². The summed E-state index contributed by atoms with van der Waals surface area (Å²) in [5.41, 5.74) is 0.286. The van der Waals surface area contributed by atoms with Crippen molar-refractivity contribution >= 4 is 0 Å². The molecule has 1 atom stereocenters. The number of nitriles is 1. The van der Waals surface area contributed by atoms with Crippen LogP contribution in [-0.4, -0.2) is 27.2 Å². The normalized spacial score (nSPS) is 15.8. The fourth-order valence-electron chi connectivity index (χ4n) is 0.831. The van der Waals surface area contributed by atoms with Gasteiger partial charge in [-0.2, -0.15) is 5.26 Å². The van der Waals surface area contributed by atoms with E-state index in [0.29, 0.717) is 0 Å². The fourth-order valence-corrected chi connectivity index (χ4v) is 0.831. The van der Waals surface area contributed by atoms with E-state index in [0.717, 1.165) is 0 Å². The quantitative estimate of drug-likeness (QED) is 0.328. The number of nitrogens with zero attached hydrogens (tertiary/aromatic N) is 1.